The van der Waals surface area contributed by atoms with Crippen molar-refractivity contribution in [2.24, 2.45) is 0 Å². The third-order valence-electron chi connectivity index (χ3n) is 1.77. The minimum Gasteiger partial charge on any atom is -0.355 e. The van der Waals surface area contributed by atoms with Crippen LogP contribution in [0, 0.1) is 0 Å². The lowest BCUT2D eigenvalue weighted by atomic mass is 10.2. The van der Waals surface area contributed by atoms with Gasteiger partial charge in [-0.2, -0.15) is 0 Å². The fourth-order valence-electron chi connectivity index (χ4n) is 1.01. The van der Waals surface area contributed by atoms with Crippen LogP contribution in [0.2, 0.25) is 0 Å². The van der Waals surface area contributed by atoms with Crippen LogP contribution in [0.15, 0.2) is 24.3 Å². The lowest BCUT2D eigenvalue weighted by Crippen LogP contribution is -2.18. The average Bonchev–Trinajstić information content (AvgIpc) is 2.27. The summed E-state index contributed by atoms with van der Waals surface area (Å²) >= 11 is 3.95. The molecule has 0 bridgehead atoms. The Morgan fingerprint density at radius 2 is 2.00 bits per heavy atom. The molecule has 0 saturated heterocycles. The Morgan fingerprint density at radius 3 is 2.43 bits per heavy atom. The Bertz CT molecular complexity index is 315. The molecule has 0 aromatic heterocycles. The van der Waals surface area contributed by atoms with Crippen molar-refractivity contribution in [2.75, 3.05) is 12.5 Å². The molecule has 1 atom stereocenters. The standard InChI is InChI=1S/C9H10NO2PS/c1-10-9(11)7-2-4-8(5-3-7)13(12)6-14/h2-5H,6H2,1H3,(H-,10,11,14)/p+1. The minimum absolute atomic E-state index is 0.141. The highest BCUT2D eigenvalue weighted by Crippen LogP contribution is 2.20. The largest absolute Gasteiger partial charge is 0.387 e. The Hall–Kier alpha value is -0.860. The molecule has 1 N–H and O–H groups in total. The average molecular weight is 228 g/mol. The first-order chi connectivity index (χ1) is 6.69. The zero-order chi connectivity index (χ0) is 10.6. The highest BCUT2D eigenvalue weighted by Gasteiger charge is 2.16. The number of hydrogen-bond acceptors (Lipinski definition) is 3. The van der Waals surface area contributed by atoms with Crippen LogP contribution in [-0.4, -0.2) is 18.4 Å². The molecule has 14 heavy (non-hydrogen) atoms. The van der Waals surface area contributed by atoms with Crippen LogP contribution in [0.5, 0.6) is 0 Å². The van der Waals surface area contributed by atoms with Gasteiger partial charge in [0.1, 0.15) is 0 Å². The van der Waals surface area contributed by atoms with Crippen LogP contribution in [0.4, 0.5) is 0 Å². The van der Waals surface area contributed by atoms with Gasteiger partial charge in [0.15, 0.2) is 10.8 Å². The van der Waals surface area contributed by atoms with Crippen molar-refractivity contribution in [2.45, 2.75) is 0 Å². The van der Waals surface area contributed by atoms with Crippen LogP contribution < -0.4 is 10.6 Å². The number of carbonyl (C=O) groups is 1. The second-order valence-electron chi connectivity index (χ2n) is 2.65. The molecule has 0 fully saturated rings. The topological polar surface area (TPSA) is 46.2 Å². The molecule has 0 aliphatic rings. The van der Waals surface area contributed by atoms with Crippen molar-refractivity contribution in [1.82, 2.24) is 5.32 Å². The van der Waals surface area contributed by atoms with Gasteiger partial charge in [-0.15, -0.1) is 12.6 Å². The molecule has 0 aliphatic carbocycles. The number of rotatable bonds is 3. The molecule has 74 valence electrons. The van der Waals surface area contributed by atoms with E-state index in [9.17, 15) is 9.36 Å². The number of benzene rings is 1. The quantitative estimate of drug-likeness (QED) is 0.606. The fraction of sp³-hybridized carbons (Fsp3) is 0.222. The molecular formula is C9H11NO2PS+. The first-order valence-corrected chi connectivity index (χ1v) is 6.14. The molecule has 1 aromatic carbocycles. The van der Waals surface area contributed by atoms with Gasteiger partial charge in [0, 0.05) is 12.6 Å². The maximum atomic E-state index is 11.3. The Kier molecular flexibility index (Phi) is 4.11. The third-order valence-corrected chi connectivity index (χ3v) is 3.67. The van der Waals surface area contributed by atoms with Crippen molar-refractivity contribution >= 4 is 31.6 Å². The molecular weight excluding hydrogens is 217 g/mol. The van der Waals surface area contributed by atoms with Crippen LogP contribution in [0.1, 0.15) is 10.4 Å². The van der Waals surface area contributed by atoms with E-state index in [-0.39, 0.29) is 5.91 Å². The normalized spacial score (nSPS) is 10.9. The maximum Gasteiger partial charge on any atom is 0.387 e. The number of amides is 1. The van der Waals surface area contributed by atoms with Gasteiger partial charge in [0.05, 0.1) is 0 Å². The van der Waals surface area contributed by atoms with Crippen molar-refractivity contribution in [3.05, 3.63) is 29.8 Å². The number of thiol groups is 1. The van der Waals surface area contributed by atoms with Crippen molar-refractivity contribution in [3.8, 4) is 0 Å². The summed E-state index contributed by atoms with van der Waals surface area (Å²) in [4.78, 5) is 11.2. The van der Waals surface area contributed by atoms with Gasteiger partial charge >= 0.3 is 7.80 Å². The number of nitrogens with one attached hydrogen (secondary N) is 1. The summed E-state index contributed by atoms with van der Waals surface area (Å²) in [7, 11) is 0.147. The molecule has 1 aromatic rings. The first-order valence-electron chi connectivity index (χ1n) is 4.06. The molecule has 5 heteroatoms. The maximum absolute atomic E-state index is 11.3. The summed E-state index contributed by atoms with van der Waals surface area (Å²) in [6.45, 7) is 0. The van der Waals surface area contributed by atoms with Gasteiger partial charge in [0.25, 0.3) is 5.91 Å². The zero-order valence-corrected chi connectivity index (χ0v) is 9.52. The Labute approximate surface area is 89.1 Å². The summed E-state index contributed by atoms with van der Waals surface area (Å²) in [6.07, 6.45) is 0. The highest BCUT2D eigenvalue weighted by molar-refractivity contribution is 7.88. The second kappa shape index (κ2) is 5.13. The van der Waals surface area contributed by atoms with E-state index in [0.717, 1.165) is 5.30 Å². The molecule has 3 nitrogen and oxygen atoms in total. The van der Waals surface area contributed by atoms with Crippen molar-refractivity contribution in [1.29, 1.82) is 0 Å². The van der Waals surface area contributed by atoms with Crippen LogP contribution in [0.3, 0.4) is 0 Å². The smallest absolute Gasteiger partial charge is 0.355 e. The summed E-state index contributed by atoms with van der Waals surface area (Å²) in [5, 5.41) is 3.24. The summed E-state index contributed by atoms with van der Waals surface area (Å²) in [5.74, 6) is -0.141. The van der Waals surface area contributed by atoms with E-state index in [4.69, 9.17) is 0 Å². The van der Waals surface area contributed by atoms with E-state index < -0.39 is 7.80 Å². The minimum atomic E-state index is -1.43. The van der Waals surface area contributed by atoms with Gasteiger partial charge in [-0.3, -0.25) is 4.79 Å². The van der Waals surface area contributed by atoms with E-state index in [1.165, 1.54) is 0 Å². The van der Waals surface area contributed by atoms with Crippen LogP contribution in [-0.2, 0) is 4.57 Å². The van der Waals surface area contributed by atoms with Gasteiger partial charge in [-0.25, -0.2) is 0 Å². The molecule has 1 amide bonds. The molecule has 1 rings (SSSR count). The Balaban J connectivity index is 2.89. The monoisotopic (exact) mass is 228 g/mol. The zero-order valence-electron chi connectivity index (χ0n) is 7.73. The highest BCUT2D eigenvalue weighted by atomic mass is 32.1. The third kappa shape index (κ3) is 2.56. The van der Waals surface area contributed by atoms with E-state index in [2.05, 4.69) is 17.9 Å². The lowest BCUT2D eigenvalue weighted by Gasteiger charge is -1.97. The number of carbonyl (C=O) groups excluding carboxylic acids is 1. The van der Waals surface area contributed by atoms with Crippen molar-refractivity contribution in [3.63, 3.8) is 0 Å². The van der Waals surface area contributed by atoms with E-state index >= 15 is 0 Å². The fourth-order valence-corrected chi connectivity index (χ4v) is 2.14. The van der Waals surface area contributed by atoms with Crippen molar-refractivity contribution < 1.29 is 9.36 Å². The molecule has 0 saturated carbocycles. The second-order valence-corrected chi connectivity index (χ2v) is 5.05. The van der Waals surface area contributed by atoms with Gasteiger partial charge < -0.3 is 5.32 Å². The van der Waals surface area contributed by atoms with E-state index in [1.807, 2.05) is 0 Å². The van der Waals surface area contributed by atoms with Gasteiger partial charge in [0.2, 0.25) is 0 Å². The summed E-state index contributed by atoms with van der Waals surface area (Å²) in [5.41, 5.74) is 0.896. The molecule has 0 radical (unpaired) electrons. The SMILES string of the molecule is CNC(=O)c1ccc([P+](=O)CS)cc1. The molecule has 0 aliphatic heterocycles. The summed E-state index contributed by atoms with van der Waals surface area (Å²) < 4.78 is 11.3. The Morgan fingerprint density at radius 1 is 1.43 bits per heavy atom. The van der Waals surface area contributed by atoms with Crippen LogP contribution in [0.25, 0.3) is 0 Å². The molecule has 0 spiro atoms. The first kappa shape index (κ1) is 11.2. The predicted molar refractivity (Wildman–Crippen MR) is 60.9 cm³/mol. The van der Waals surface area contributed by atoms with E-state index in [1.54, 1.807) is 31.3 Å². The molecule has 1 unspecified atom stereocenters. The van der Waals surface area contributed by atoms with E-state index in [0.29, 0.717) is 11.1 Å². The number of hydrogen-bond donors (Lipinski definition) is 2. The van der Waals surface area contributed by atoms with Gasteiger partial charge in [-0.1, -0.05) is 4.57 Å². The summed E-state index contributed by atoms with van der Waals surface area (Å²) in [6, 6.07) is 6.70. The van der Waals surface area contributed by atoms with Gasteiger partial charge in [-0.05, 0) is 24.3 Å². The molecule has 0 heterocycles. The lowest BCUT2D eigenvalue weighted by molar-refractivity contribution is 0.0963. The predicted octanol–water partition coefficient (Wildman–Crippen LogP) is 1.39. The van der Waals surface area contributed by atoms with Crippen LogP contribution >= 0.6 is 20.4 Å².